The van der Waals surface area contributed by atoms with Crippen LogP contribution in [0.2, 0.25) is 0 Å². The van der Waals surface area contributed by atoms with Crippen LogP contribution in [0.4, 0.5) is 0 Å². The van der Waals surface area contributed by atoms with Gasteiger partial charge in [-0.1, -0.05) is 12.1 Å². The fraction of sp³-hybridized carbons (Fsp3) is 0.857. The van der Waals surface area contributed by atoms with Crippen molar-refractivity contribution in [1.29, 1.82) is 0 Å². The number of nitrogens with zero attached hydrogens (tertiary/aromatic N) is 1. The van der Waals surface area contributed by atoms with Gasteiger partial charge in [-0.25, -0.2) is 0 Å². The summed E-state index contributed by atoms with van der Waals surface area (Å²) in [5, 5.41) is 23.0. The van der Waals surface area contributed by atoms with E-state index in [1.165, 1.54) is 0 Å². The zero-order valence-corrected chi connectivity index (χ0v) is 7.49. The maximum absolute atomic E-state index is 8.82. The van der Waals surface area contributed by atoms with Gasteiger partial charge in [0.25, 0.3) is 0 Å². The molecule has 5 N–H and O–H groups in total. The standard InChI is InChI=1S/C7H17N3O2/c1-3-6(4-11)9-5(2)7(8)10-12/h5-6,9,11-12H,3-4H2,1-2H3,(H2,8,10). The molecule has 0 aliphatic rings. The molecule has 12 heavy (non-hydrogen) atoms. The fourth-order valence-electron chi connectivity index (χ4n) is 0.825. The molecule has 0 saturated heterocycles. The van der Waals surface area contributed by atoms with E-state index in [0.29, 0.717) is 0 Å². The molecule has 0 aliphatic heterocycles. The van der Waals surface area contributed by atoms with Gasteiger partial charge in [0.05, 0.1) is 12.6 Å². The van der Waals surface area contributed by atoms with Gasteiger partial charge in [0.2, 0.25) is 0 Å². The summed E-state index contributed by atoms with van der Waals surface area (Å²) in [7, 11) is 0. The molecule has 0 heterocycles. The summed E-state index contributed by atoms with van der Waals surface area (Å²) in [5.74, 6) is 0.127. The van der Waals surface area contributed by atoms with Crippen molar-refractivity contribution in [1.82, 2.24) is 5.32 Å². The number of rotatable bonds is 5. The van der Waals surface area contributed by atoms with Crippen LogP contribution in [0.3, 0.4) is 0 Å². The lowest BCUT2D eigenvalue weighted by Gasteiger charge is -2.18. The molecule has 0 radical (unpaired) electrons. The van der Waals surface area contributed by atoms with Gasteiger partial charge in [-0.3, -0.25) is 0 Å². The summed E-state index contributed by atoms with van der Waals surface area (Å²) in [6, 6.07) is -0.215. The second-order valence-electron chi connectivity index (χ2n) is 2.70. The number of hydrogen-bond acceptors (Lipinski definition) is 4. The molecule has 0 aliphatic carbocycles. The molecule has 2 atom stereocenters. The van der Waals surface area contributed by atoms with E-state index in [1.54, 1.807) is 6.92 Å². The van der Waals surface area contributed by atoms with Crippen LogP contribution in [-0.2, 0) is 0 Å². The van der Waals surface area contributed by atoms with Crippen LogP contribution in [-0.4, -0.2) is 34.8 Å². The van der Waals surface area contributed by atoms with Crippen LogP contribution in [0.5, 0.6) is 0 Å². The van der Waals surface area contributed by atoms with Gasteiger partial charge < -0.3 is 21.4 Å². The van der Waals surface area contributed by atoms with E-state index < -0.39 is 0 Å². The first-order chi connectivity index (χ1) is 5.65. The fourth-order valence-corrected chi connectivity index (χ4v) is 0.825. The minimum absolute atomic E-state index is 0.000278. The number of hydrogen-bond donors (Lipinski definition) is 4. The highest BCUT2D eigenvalue weighted by Crippen LogP contribution is 1.92. The van der Waals surface area contributed by atoms with Gasteiger partial charge >= 0.3 is 0 Å². The van der Waals surface area contributed by atoms with Crippen LogP contribution < -0.4 is 11.1 Å². The third kappa shape index (κ3) is 3.54. The normalized spacial score (nSPS) is 17.4. The zero-order chi connectivity index (χ0) is 9.56. The monoisotopic (exact) mass is 175 g/mol. The molecule has 0 aromatic carbocycles. The highest BCUT2D eigenvalue weighted by atomic mass is 16.4. The smallest absolute Gasteiger partial charge is 0.156 e. The second kappa shape index (κ2) is 5.79. The molecule has 0 amide bonds. The Hall–Kier alpha value is -0.810. The predicted molar refractivity (Wildman–Crippen MR) is 47.2 cm³/mol. The minimum Gasteiger partial charge on any atom is -0.409 e. The summed E-state index contributed by atoms with van der Waals surface area (Å²) in [6.45, 7) is 3.78. The molecular weight excluding hydrogens is 158 g/mol. The molecule has 0 aromatic rings. The largest absolute Gasteiger partial charge is 0.409 e. The van der Waals surface area contributed by atoms with Crippen molar-refractivity contribution < 1.29 is 10.3 Å². The summed E-state index contributed by atoms with van der Waals surface area (Å²) < 4.78 is 0. The zero-order valence-electron chi connectivity index (χ0n) is 7.49. The Bertz CT molecular complexity index is 146. The highest BCUT2D eigenvalue weighted by Gasteiger charge is 2.11. The highest BCUT2D eigenvalue weighted by molar-refractivity contribution is 5.84. The Morgan fingerprint density at radius 3 is 2.58 bits per heavy atom. The molecule has 0 aromatic heterocycles. The average molecular weight is 175 g/mol. The number of oxime groups is 1. The Morgan fingerprint density at radius 1 is 1.67 bits per heavy atom. The molecule has 0 bridgehead atoms. The quantitative estimate of drug-likeness (QED) is 0.196. The minimum atomic E-state index is -0.216. The number of amidine groups is 1. The lowest BCUT2D eigenvalue weighted by molar-refractivity contribution is 0.235. The topological polar surface area (TPSA) is 90.9 Å². The van der Waals surface area contributed by atoms with E-state index >= 15 is 0 Å². The van der Waals surface area contributed by atoms with Crippen molar-refractivity contribution in [3.05, 3.63) is 0 Å². The van der Waals surface area contributed by atoms with E-state index in [4.69, 9.17) is 16.0 Å². The lowest BCUT2D eigenvalue weighted by atomic mass is 10.2. The average Bonchev–Trinajstić information content (AvgIpc) is 2.12. The Kier molecular flexibility index (Phi) is 5.40. The molecule has 0 saturated carbocycles. The van der Waals surface area contributed by atoms with Gasteiger partial charge in [-0.05, 0) is 13.3 Å². The van der Waals surface area contributed by atoms with E-state index in [9.17, 15) is 0 Å². The first-order valence-electron chi connectivity index (χ1n) is 4.00. The SMILES string of the molecule is CCC(CO)NC(C)C(N)=NO. The predicted octanol–water partition coefficient (Wildman–Crippen LogP) is -0.518. The van der Waals surface area contributed by atoms with Crippen molar-refractivity contribution in [2.24, 2.45) is 10.9 Å². The maximum Gasteiger partial charge on any atom is 0.156 e. The van der Waals surface area contributed by atoms with Crippen molar-refractivity contribution in [2.45, 2.75) is 32.4 Å². The van der Waals surface area contributed by atoms with Crippen molar-refractivity contribution in [3.63, 3.8) is 0 Å². The van der Waals surface area contributed by atoms with Crippen LogP contribution in [0.1, 0.15) is 20.3 Å². The Balaban J connectivity index is 3.89. The summed E-state index contributed by atoms with van der Waals surface area (Å²) >= 11 is 0. The number of nitrogens with two attached hydrogens (primary N) is 1. The third-order valence-electron chi connectivity index (χ3n) is 1.76. The van der Waals surface area contributed by atoms with Crippen molar-refractivity contribution in [2.75, 3.05) is 6.61 Å². The first kappa shape index (κ1) is 11.2. The van der Waals surface area contributed by atoms with Gasteiger partial charge in [-0.2, -0.15) is 0 Å². The van der Waals surface area contributed by atoms with E-state index in [-0.39, 0.29) is 24.5 Å². The van der Waals surface area contributed by atoms with Gasteiger partial charge in [0.15, 0.2) is 5.84 Å². The molecule has 2 unspecified atom stereocenters. The van der Waals surface area contributed by atoms with Gasteiger partial charge in [-0.15, -0.1) is 0 Å². The summed E-state index contributed by atoms with van der Waals surface area (Å²) in [5.41, 5.74) is 5.33. The second-order valence-corrected chi connectivity index (χ2v) is 2.70. The molecule has 5 nitrogen and oxygen atoms in total. The Labute approximate surface area is 72.3 Å². The van der Waals surface area contributed by atoms with Crippen molar-refractivity contribution >= 4 is 5.84 Å². The summed E-state index contributed by atoms with van der Waals surface area (Å²) in [4.78, 5) is 0. The van der Waals surface area contributed by atoms with Crippen molar-refractivity contribution in [3.8, 4) is 0 Å². The van der Waals surface area contributed by atoms with Crippen LogP contribution >= 0.6 is 0 Å². The molecule has 5 heteroatoms. The molecule has 72 valence electrons. The van der Waals surface area contributed by atoms with Crippen LogP contribution in [0.25, 0.3) is 0 Å². The third-order valence-corrected chi connectivity index (χ3v) is 1.76. The van der Waals surface area contributed by atoms with Gasteiger partial charge in [0, 0.05) is 6.04 Å². The summed E-state index contributed by atoms with van der Waals surface area (Å²) in [6.07, 6.45) is 0.805. The van der Waals surface area contributed by atoms with Crippen LogP contribution in [0, 0.1) is 0 Å². The van der Waals surface area contributed by atoms with E-state index in [0.717, 1.165) is 6.42 Å². The Morgan fingerprint density at radius 2 is 2.25 bits per heavy atom. The molecular formula is C7H17N3O2. The lowest BCUT2D eigenvalue weighted by Crippen LogP contribution is -2.45. The van der Waals surface area contributed by atoms with E-state index in [1.807, 2.05) is 6.92 Å². The molecule has 0 rings (SSSR count). The van der Waals surface area contributed by atoms with Crippen LogP contribution in [0.15, 0.2) is 5.16 Å². The first-order valence-corrected chi connectivity index (χ1v) is 4.00. The van der Waals surface area contributed by atoms with E-state index in [2.05, 4.69) is 10.5 Å². The molecule has 0 fully saturated rings. The number of aliphatic hydroxyl groups excluding tert-OH is 1. The maximum atomic E-state index is 8.82. The molecule has 0 spiro atoms. The number of aliphatic hydroxyl groups is 1. The van der Waals surface area contributed by atoms with Gasteiger partial charge in [0.1, 0.15) is 0 Å². The number of nitrogens with one attached hydrogen (secondary N) is 1.